The molecule has 2 rings (SSSR count). The SMILES string of the molecule is Cc1ccc(NC(=O)c2ccc(S(C)(=O)=O)cc2)c(C)n1. The Hall–Kier alpha value is -2.21. The Balaban J connectivity index is 2.21. The molecular formula is C15H16N2O3S. The number of hydrogen-bond acceptors (Lipinski definition) is 4. The molecule has 0 saturated heterocycles. The van der Waals surface area contributed by atoms with Gasteiger partial charge in [-0.15, -0.1) is 0 Å². The third-order valence-electron chi connectivity index (χ3n) is 3.02. The average Bonchev–Trinajstić information content (AvgIpc) is 2.41. The van der Waals surface area contributed by atoms with E-state index in [2.05, 4.69) is 10.3 Å². The van der Waals surface area contributed by atoms with Crippen molar-refractivity contribution in [2.24, 2.45) is 0 Å². The van der Waals surface area contributed by atoms with Gasteiger partial charge in [-0.1, -0.05) is 0 Å². The summed E-state index contributed by atoms with van der Waals surface area (Å²) in [6, 6.07) is 9.43. The largest absolute Gasteiger partial charge is 0.320 e. The highest BCUT2D eigenvalue weighted by Gasteiger charge is 2.11. The Kier molecular flexibility index (Phi) is 4.09. The maximum Gasteiger partial charge on any atom is 0.255 e. The molecule has 1 heterocycles. The molecule has 0 radical (unpaired) electrons. The third kappa shape index (κ3) is 3.66. The Labute approximate surface area is 124 Å². The van der Waals surface area contributed by atoms with Crippen LogP contribution in [0.25, 0.3) is 0 Å². The first kappa shape index (κ1) is 15.2. The topological polar surface area (TPSA) is 76.1 Å². The van der Waals surface area contributed by atoms with Crippen molar-refractivity contribution < 1.29 is 13.2 Å². The average molecular weight is 304 g/mol. The maximum absolute atomic E-state index is 12.1. The summed E-state index contributed by atoms with van der Waals surface area (Å²) in [5.41, 5.74) is 2.64. The molecule has 6 heteroatoms. The summed E-state index contributed by atoms with van der Waals surface area (Å²) >= 11 is 0. The van der Waals surface area contributed by atoms with Gasteiger partial charge in [-0.3, -0.25) is 9.78 Å². The second-order valence-electron chi connectivity index (χ2n) is 4.84. The number of nitrogens with one attached hydrogen (secondary N) is 1. The summed E-state index contributed by atoms with van der Waals surface area (Å²) in [6.07, 6.45) is 1.13. The quantitative estimate of drug-likeness (QED) is 0.944. The Morgan fingerprint density at radius 2 is 1.67 bits per heavy atom. The zero-order valence-corrected chi connectivity index (χ0v) is 12.9. The number of aromatic nitrogens is 1. The fraction of sp³-hybridized carbons (Fsp3) is 0.200. The van der Waals surface area contributed by atoms with Crippen molar-refractivity contribution in [3.63, 3.8) is 0 Å². The number of pyridine rings is 1. The fourth-order valence-electron chi connectivity index (χ4n) is 1.87. The van der Waals surface area contributed by atoms with Crippen molar-refractivity contribution in [1.82, 2.24) is 4.98 Å². The Bertz CT molecular complexity index is 781. The molecule has 0 unspecified atom stereocenters. The smallest absolute Gasteiger partial charge is 0.255 e. The summed E-state index contributed by atoms with van der Waals surface area (Å²) in [4.78, 5) is 16.6. The number of hydrogen-bond donors (Lipinski definition) is 1. The van der Waals surface area contributed by atoms with Crippen molar-refractivity contribution >= 4 is 21.4 Å². The number of aryl methyl sites for hydroxylation is 2. The molecule has 2 aromatic rings. The van der Waals surface area contributed by atoms with Gasteiger partial charge in [-0.25, -0.2) is 8.42 Å². The number of nitrogens with zero attached hydrogens (tertiary/aromatic N) is 1. The van der Waals surface area contributed by atoms with Crippen LogP contribution in [0.1, 0.15) is 21.7 Å². The fourth-order valence-corrected chi connectivity index (χ4v) is 2.50. The van der Waals surface area contributed by atoms with E-state index in [-0.39, 0.29) is 10.8 Å². The van der Waals surface area contributed by atoms with Gasteiger partial charge >= 0.3 is 0 Å². The van der Waals surface area contributed by atoms with Crippen molar-refractivity contribution in [3.8, 4) is 0 Å². The second kappa shape index (κ2) is 5.65. The van der Waals surface area contributed by atoms with E-state index < -0.39 is 9.84 Å². The highest BCUT2D eigenvalue weighted by molar-refractivity contribution is 7.90. The molecule has 21 heavy (non-hydrogen) atoms. The van der Waals surface area contributed by atoms with Crippen LogP contribution in [0.15, 0.2) is 41.3 Å². The van der Waals surface area contributed by atoms with E-state index in [9.17, 15) is 13.2 Å². The molecule has 1 amide bonds. The first-order valence-corrected chi connectivity index (χ1v) is 8.22. The minimum absolute atomic E-state index is 0.187. The minimum Gasteiger partial charge on any atom is -0.320 e. The van der Waals surface area contributed by atoms with Crippen LogP contribution in [-0.4, -0.2) is 25.6 Å². The van der Waals surface area contributed by atoms with Crippen molar-refractivity contribution in [2.75, 3.05) is 11.6 Å². The maximum atomic E-state index is 12.1. The van der Waals surface area contributed by atoms with E-state index >= 15 is 0 Å². The molecule has 0 aliphatic carbocycles. The number of carbonyl (C=O) groups is 1. The molecule has 0 fully saturated rings. The van der Waals surface area contributed by atoms with Crippen LogP contribution < -0.4 is 5.32 Å². The van der Waals surface area contributed by atoms with Crippen LogP contribution in [0.5, 0.6) is 0 Å². The van der Waals surface area contributed by atoms with Crippen LogP contribution in [-0.2, 0) is 9.84 Å². The first-order valence-electron chi connectivity index (χ1n) is 6.33. The lowest BCUT2D eigenvalue weighted by Crippen LogP contribution is -2.13. The van der Waals surface area contributed by atoms with Crippen molar-refractivity contribution in [1.29, 1.82) is 0 Å². The molecule has 0 saturated carbocycles. The van der Waals surface area contributed by atoms with Gasteiger partial charge in [0, 0.05) is 17.5 Å². The van der Waals surface area contributed by atoms with Gasteiger partial charge in [0.15, 0.2) is 9.84 Å². The predicted octanol–water partition coefficient (Wildman–Crippen LogP) is 2.35. The van der Waals surface area contributed by atoms with Gasteiger partial charge in [0.1, 0.15) is 0 Å². The normalized spacial score (nSPS) is 11.2. The predicted molar refractivity (Wildman–Crippen MR) is 81.2 cm³/mol. The van der Waals surface area contributed by atoms with E-state index in [1.165, 1.54) is 24.3 Å². The van der Waals surface area contributed by atoms with Gasteiger partial charge in [0.05, 0.1) is 16.3 Å². The number of amides is 1. The third-order valence-corrected chi connectivity index (χ3v) is 4.15. The molecule has 5 nitrogen and oxygen atoms in total. The molecule has 0 atom stereocenters. The molecule has 0 aliphatic heterocycles. The van der Waals surface area contributed by atoms with E-state index in [0.717, 1.165) is 17.6 Å². The number of rotatable bonds is 3. The minimum atomic E-state index is -3.26. The highest BCUT2D eigenvalue weighted by atomic mass is 32.2. The van der Waals surface area contributed by atoms with Crippen LogP contribution >= 0.6 is 0 Å². The Morgan fingerprint density at radius 3 is 2.19 bits per heavy atom. The lowest BCUT2D eigenvalue weighted by atomic mass is 10.2. The summed E-state index contributed by atoms with van der Waals surface area (Å²) < 4.78 is 22.7. The van der Waals surface area contributed by atoms with E-state index in [1.807, 2.05) is 19.9 Å². The molecule has 0 bridgehead atoms. The second-order valence-corrected chi connectivity index (χ2v) is 6.85. The van der Waals surface area contributed by atoms with Gasteiger partial charge in [-0.05, 0) is 50.2 Å². The van der Waals surface area contributed by atoms with Crippen molar-refractivity contribution in [3.05, 3.63) is 53.3 Å². The molecule has 110 valence electrons. The molecular weight excluding hydrogens is 288 g/mol. The summed E-state index contributed by atoms with van der Waals surface area (Å²) in [7, 11) is -3.26. The van der Waals surface area contributed by atoms with Gasteiger partial charge < -0.3 is 5.32 Å². The van der Waals surface area contributed by atoms with Gasteiger partial charge in [0.25, 0.3) is 5.91 Å². The number of sulfone groups is 1. The zero-order chi connectivity index (χ0) is 15.6. The number of anilines is 1. The van der Waals surface area contributed by atoms with Crippen LogP contribution in [0.3, 0.4) is 0 Å². The molecule has 1 aromatic carbocycles. The van der Waals surface area contributed by atoms with Gasteiger partial charge in [0.2, 0.25) is 0 Å². The molecule has 1 aromatic heterocycles. The Morgan fingerprint density at radius 1 is 1.05 bits per heavy atom. The number of benzene rings is 1. The van der Waals surface area contributed by atoms with E-state index in [0.29, 0.717) is 11.3 Å². The monoisotopic (exact) mass is 304 g/mol. The molecule has 1 N–H and O–H groups in total. The van der Waals surface area contributed by atoms with E-state index in [1.54, 1.807) is 6.07 Å². The first-order chi connectivity index (χ1) is 9.77. The zero-order valence-electron chi connectivity index (χ0n) is 12.0. The van der Waals surface area contributed by atoms with Gasteiger partial charge in [-0.2, -0.15) is 0 Å². The van der Waals surface area contributed by atoms with Crippen molar-refractivity contribution in [2.45, 2.75) is 18.7 Å². The van der Waals surface area contributed by atoms with Crippen LogP contribution in [0.4, 0.5) is 5.69 Å². The van der Waals surface area contributed by atoms with Crippen LogP contribution in [0.2, 0.25) is 0 Å². The molecule has 0 aliphatic rings. The summed E-state index contributed by atoms with van der Waals surface area (Å²) in [5.74, 6) is -0.302. The lowest BCUT2D eigenvalue weighted by Gasteiger charge is -2.08. The summed E-state index contributed by atoms with van der Waals surface area (Å²) in [6.45, 7) is 3.69. The van der Waals surface area contributed by atoms with E-state index in [4.69, 9.17) is 0 Å². The van der Waals surface area contributed by atoms with Crippen LogP contribution in [0, 0.1) is 13.8 Å². The molecule has 0 spiro atoms. The number of carbonyl (C=O) groups excluding carboxylic acids is 1. The standard InChI is InChI=1S/C15H16N2O3S/c1-10-4-9-14(11(2)16-10)17-15(18)12-5-7-13(8-6-12)21(3,19)20/h4-9H,1-3H3,(H,17,18). The lowest BCUT2D eigenvalue weighted by molar-refractivity contribution is 0.102. The highest BCUT2D eigenvalue weighted by Crippen LogP contribution is 2.15. The summed E-state index contributed by atoms with van der Waals surface area (Å²) in [5, 5.41) is 2.76.